The van der Waals surface area contributed by atoms with Gasteiger partial charge in [0.2, 0.25) is 0 Å². The molecule has 3 aromatic rings. The molecular weight excluding hydrogens is 286 g/mol. The van der Waals surface area contributed by atoms with Crippen LogP contribution in [0.1, 0.15) is 42.5 Å². The second-order valence-corrected chi connectivity index (χ2v) is 5.81. The van der Waals surface area contributed by atoms with Gasteiger partial charge in [-0.15, -0.1) is 0 Å². The average molecular weight is 309 g/mol. The second kappa shape index (κ2) is 7.29. The topological polar surface area (TPSA) is 43.0 Å². The molecule has 1 N–H and O–H groups in total. The molecule has 0 fully saturated rings. The summed E-state index contributed by atoms with van der Waals surface area (Å²) in [5, 5.41) is 3.51. The first kappa shape index (κ1) is 15.6. The molecule has 0 radical (unpaired) electrons. The number of aryl methyl sites for hydroxylation is 1. The maximum Gasteiger partial charge on any atom is 0.120 e. The van der Waals surface area contributed by atoms with Gasteiger partial charge >= 0.3 is 0 Å². The van der Waals surface area contributed by atoms with Crippen LogP contribution < -0.4 is 5.32 Å². The van der Waals surface area contributed by atoms with Crippen LogP contribution in [0.25, 0.3) is 0 Å². The number of benzene rings is 1. The summed E-state index contributed by atoms with van der Waals surface area (Å²) in [6, 6.07) is 13.0. The normalized spacial score (nSPS) is 12.4. The van der Waals surface area contributed by atoms with Crippen LogP contribution in [0, 0.1) is 0 Å². The zero-order valence-corrected chi connectivity index (χ0v) is 13.7. The summed E-state index contributed by atoms with van der Waals surface area (Å²) >= 11 is 0. The Hall–Kier alpha value is -2.33. The fourth-order valence-electron chi connectivity index (χ4n) is 2.54. The Labute approximate surface area is 137 Å². The summed E-state index contributed by atoms with van der Waals surface area (Å²) in [6.45, 7) is 5.92. The minimum atomic E-state index is 0.209. The van der Waals surface area contributed by atoms with Gasteiger partial charge in [0.05, 0.1) is 12.4 Å². The van der Waals surface area contributed by atoms with Gasteiger partial charge in [-0.1, -0.05) is 31.2 Å². The van der Waals surface area contributed by atoms with Gasteiger partial charge in [-0.25, -0.2) is 4.98 Å². The number of hydrogen-bond donors (Lipinski definition) is 1. The minimum Gasteiger partial charge on any atom is -0.464 e. The maximum atomic E-state index is 5.79. The number of hydrogen-bond acceptors (Lipinski definition) is 3. The van der Waals surface area contributed by atoms with Gasteiger partial charge in [0.1, 0.15) is 11.5 Å². The SMILES string of the molecule is CCc1ccc(C(C)NCc2ccc(Cn3ccnc3)cc2)o1. The molecule has 23 heavy (non-hydrogen) atoms. The van der Waals surface area contributed by atoms with Gasteiger partial charge in [0, 0.05) is 31.9 Å². The van der Waals surface area contributed by atoms with Crippen LogP contribution in [0.4, 0.5) is 0 Å². The van der Waals surface area contributed by atoms with Crippen LogP contribution in [0.5, 0.6) is 0 Å². The molecule has 0 aliphatic carbocycles. The number of imidazole rings is 1. The zero-order valence-electron chi connectivity index (χ0n) is 13.7. The number of aromatic nitrogens is 2. The summed E-state index contributed by atoms with van der Waals surface area (Å²) in [7, 11) is 0. The summed E-state index contributed by atoms with van der Waals surface area (Å²) < 4.78 is 7.86. The van der Waals surface area contributed by atoms with Crippen molar-refractivity contribution in [3.05, 3.63) is 77.8 Å². The molecular formula is C19H23N3O. The van der Waals surface area contributed by atoms with Crippen LogP contribution >= 0.6 is 0 Å². The van der Waals surface area contributed by atoms with Crippen molar-refractivity contribution >= 4 is 0 Å². The van der Waals surface area contributed by atoms with Crippen molar-refractivity contribution in [3.63, 3.8) is 0 Å². The fraction of sp³-hybridized carbons (Fsp3) is 0.316. The van der Waals surface area contributed by atoms with E-state index in [2.05, 4.69) is 65.1 Å². The summed E-state index contributed by atoms with van der Waals surface area (Å²) in [4.78, 5) is 4.07. The van der Waals surface area contributed by atoms with E-state index in [-0.39, 0.29) is 6.04 Å². The monoisotopic (exact) mass is 309 g/mol. The highest BCUT2D eigenvalue weighted by Crippen LogP contribution is 2.17. The summed E-state index contributed by atoms with van der Waals surface area (Å²) in [5.74, 6) is 2.04. The van der Waals surface area contributed by atoms with Gasteiger partial charge < -0.3 is 14.3 Å². The van der Waals surface area contributed by atoms with Crippen molar-refractivity contribution in [1.29, 1.82) is 0 Å². The molecule has 4 nitrogen and oxygen atoms in total. The largest absolute Gasteiger partial charge is 0.464 e. The van der Waals surface area contributed by atoms with E-state index in [4.69, 9.17) is 4.42 Å². The Bertz CT molecular complexity index is 713. The van der Waals surface area contributed by atoms with Crippen LogP contribution in [0.2, 0.25) is 0 Å². The fourth-order valence-corrected chi connectivity index (χ4v) is 2.54. The Kier molecular flexibility index (Phi) is 4.93. The molecule has 4 heteroatoms. The van der Waals surface area contributed by atoms with E-state index in [1.165, 1.54) is 11.1 Å². The molecule has 0 saturated heterocycles. The highest BCUT2D eigenvalue weighted by molar-refractivity contribution is 5.23. The predicted molar refractivity (Wildman–Crippen MR) is 91.1 cm³/mol. The molecule has 2 heterocycles. The standard InChI is InChI=1S/C19H23N3O/c1-3-18-8-9-19(23-18)15(2)21-12-16-4-6-17(7-5-16)13-22-11-10-20-14-22/h4-11,14-15,21H,3,12-13H2,1-2H3. The van der Waals surface area contributed by atoms with Crippen molar-refractivity contribution in [1.82, 2.24) is 14.9 Å². The van der Waals surface area contributed by atoms with Crippen LogP contribution in [0.3, 0.4) is 0 Å². The predicted octanol–water partition coefficient (Wildman–Crippen LogP) is 3.94. The molecule has 0 amide bonds. The van der Waals surface area contributed by atoms with E-state index in [9.17, 15) is 0 Å². The van der Waals surface area contributed by atoms with Crippen molar-refractivity contribution in [3.8, 4) is 0 Å². The number of furan rings is 1. The molecule has 0 saturated carbocycles. The maximum absolute atomic E-state index is 5.79. The van der Waals surface area contributed by atoms with Crippen molar-refractivity contribution < 1.29 is 4.42 Å². The lowest BCUT2D eigenvalue weighted by Gasteiger charge is -2.12. The van der Waals surface area contributed by atoms with Crippen LogP contribution in [-0.2, 0) is 19.5 Å². The summed E-state index contributed by atoms with van der Waals surface area (Å²) in [5.41, 5.74) is 2.55. The first-order valence-corrected chi connectivity index (χ1v) is 8.10. The molecule has 0 aliphatic rings. The summed E-state index contributed by atoms with van der Waals surface area (Å²) in [6.07, 6.45) is 6.56. The first-order chi connectivity index (χ1) is 11.2. The number of nitrogens with one attached hydrogen (secondary N) is 1. The molecule has 0 bridgehead atoms. The first-order valence-electron chi connectivity index (χ1n) is 8.10. The smallest absolute Gasteiger partial charge is 0.120 e. The quantitative estimate of drug-likeness (QED) is 0.719. The highest BCUT2D eigenvalue weighted by Gasteiger charge is 2.09. The van der Waals surface area contributed by atoms with E-state index in [1.54, 1.807) is 6.20 Å². The Balaban J connectivity index is 1.53. The molecule has 0 aliphatic heterocycles. The lowest BCUT2D eigenvalue weighted by molar-refractivity contribution is 0.408. The van der Waals surface area contributed by atoms with E-state index in [0.717, 1.165) is 31.0 Å². The lowest BCUT2D eigenvalue weighted by atomic mass is 10.1. The lowest BCUT2D eigenvalue weighted by Crippen LogP contribution is -2.17. The third-order valence-corrected chi connectivity index (χ3v) is 4.02. The minimum absolute atomic E-state index is 0.209. The van der Waals surface area contributed by atoms with E-state index < -0.39 is 0 Å². The zero-order chi connectivity index (χ0) is 16.1. The molecule has 1 aromatic carbocycles. The van der Waals surface area contributed by atoms with E-state index in [0.29, 0.717) is 0 Å². The molecule has 1 unspecified atom stereocenters. The second-order valence-electron chi connectivity index (χ2n) is 5.81. The Morgan fingerprint density at radius 2 is 1.91 bits per heavy atom. The van der Waals surface area contributed by atoms with Crippen molar-refractivity contribution in [2.24, 2.45) is 0 Å². The highest BCUT2D eigenvalue weighted by atomic mass is 16.3. The molecule has 2 aromatic heterocycles. The molecule has 1 atom stereocenters. The number of nitrogens with zero attached hydrogens (tertiary/aromatic N) is 2. The van der Waals surface area contributed by atoms with Crippen LogP contribution in [0.15, 0.2) is 59.5 Å². The van der Waals surface area contributed by atoms with Crippen LogP contribution in [-0.4, -0.2) is 9.55 Å². The van der Waals surface area contributed by atoms with Crippen molar-refractivity contribution in [2.75, 3.05) is 0 Å². The van der Waals surface area contributed by atoms with Gasteiger partial charge in [-0.3, -0.25) is 0 Å². The van der Waals surface area contributed by atoms with Gasteiger partial charge in [0.25, 0.3) is 0 Å². The van der Waals surface area contributed by atoms with Gasteiger partial charge in [0.15, 0.2) is 0 Å². The van der Waals surface area contributed by atoms with E-state index in [1.807, 2.05) is 12.5 Å². The Morgan fingerprint density at radius 3 is 2.57 bits per heavy atom. The van der Waals surface area contributed by atoms with E-state index >= 15 is 0 Å². The third-order valence-electron chi connectivity index (χ3n) is 4.02. The Morgan fingerprint density at radius 1 is 1.13 bits per heavy atom. The van der Waals surface area contributed by atoms with Gasteiger partial charge in [-0.2, -0.15) is 0 Å². The molecule has 3 rings (SSSR count). The third kappa shape index (κ3) is 4.11. The molecule has 120 valence electrons. The number of rotatable bonds is 7. The van der Waals surface area contributed by atoms with Gasteiger partial charge in [-0.05, 0) is 30.2 Å². The van der Waals surface area contributed by atoms with Crippen molar-refractivity contribution in [2.45, 2.75) is 39.4 Å². The molecule has 0 spiro atoms. The average Bonchev–Trinajstić information content (AvgIpc) is 3.25.